The Morgan fingerprint density at radius 1 is 1.83 bits per heavy atom. The van der Waals surface area contributed by atoms with E-state index in [1.54, 1.807) is 6.92 Å². The maximum Gasteiger partial charge on any atom is 0.334 e. The van der Waals surface area contributed by atoms with Gasteiger partial charge < -0.3 is 14.6 Å². The van der Waals surface area contributed by atoms with Crippen LogP contribution in [-0.2, 0) is 14.3 Å². The van der Waals surface area contributed by atoms with Crippen LogP contribution in [0.25, 0.3) is 0 Å². The number of carbonyl (C=O) groups is 1. The molecular formula is C8H12O4. The van der Waals surface area contributed by atoms with Crippen LogP contribution in [0, 0.1) is 0 Å². The molecule has 0 saturated heterocycles. The highest BCUT2D eigenvalue weighted by Gasteiger charge is 2.26. The third-order valence-corrected chi connectivity index (χ3v) is 1.86. The molecule has 0 fully saturated rings. The van der Waals surface area contributed by atoms with Crippen LogP contribution in [0.3, 0.4) is 0 Å². The molecule has 1 heterocycles. The third-order valence-electron chi connectivity index (χ3n) is 1.86. The average Bonchev–Trinajstić information content (AvgIpc) is 2.01. The molecule has 4 heteroatoms. The predicted octanol–water partition coefficient (Wildman–Crippen LogP) is 0.779. The molecule has 1 aliphatic heterocycles. The number of cyclic esters (lactones) is 1. The van der Waals surface area contributed by atoms with Gasteiger partial charge in [-0.15, -0.1) is 0 Å². The van der Waals surface area contributed by atoms with Crippen molar-refractivity contribution >= 4 is 5.97 Å². The van der Waals surface area contributed by atoms with E-state index < -0.39 is 5.97 Å². The van der Waals surface area contributed by atoms with E-state index in [1.807, 2.05) is 0 Å². The Kier molecular flexibility index (Phi) is 2.70. The minimum absolute atomic E-state index is 0.0557. The zero-order valence-electron chi connectivity index (χ0n) is 7.11. The third kappa shape index (κ3) is 1.98. The van der Waals surface area contributed by atoms with Crippen molar-refractivity contribution in [2.75, 3.05) is 7.11 Å². The van der Waals surface area contributed by atoms with Gasteiger partial charge >= 0.3 is 5.97 Å². The Morgan fingerprint density at radius 3 is 3.00 bits per heavy atom. The van der Waals surface area contributed by atoms with Crippen LogP contribution in [0.1, 0.15) is 13.3 Å². The molecule has 1 rings (SSSR count). The predicted molar refractivity (Wildman–Crippen MR) is 41.7 cm³/mol. The van der Waals surface area contributed by atoms with Crippen LogP contribution in [0.4, 0.5) is 0 Å². The molecule has 0 spiro atoms. The molecular weight excluding hydrogens is 160 g/mol. The second-order valence-electron chi connectivity index (χ2n) is 2.76. The molecule has 0 saturated carbocycles. The Hall–Kier alpha value is -1.03. The summed E-state index contributed by atoms with van der Waals surface area (Å²) < 4.78 is 9.88. The first kappa shape index (κ1) is 9.06. The summed E-state index contributed by atoms with van der Waals surface area (Å²) in [6.45, 7) is 1.79. The first-order valence-electron chi connectivity index (χ1n) is 3.76. The summed E-state index contributed by atoms with van der Waals surface area (Å²) in [5.41, 5.74) is 0. The van der Waals surface area contributed by atoms with Crippen molar-refractivity contribution < 1.29 is 19.4 Å². The molecule has 2 unspecified atom stereocenters. The lowest BCUT2D eigenvalue weighted by atomic mass is 10.1. The minimum atomic E-state index is -0.507. The van der Waals surface area contributed by atoms with Gasteiger partial charge in [0.2, 0.25) is 0 Å². The van der Waals surface area contributed by atoms with Crippen LogP contribution >= 0.6 is 0 Å². The number of methoxy groups -OCH3 is 1. The molecule has 68 valence electrons. The smallest absolute Gasteiger partial charge is 0.334 e. The second-order valence-corrected chi connectivity index (χ2v) is 2.76. The van der Waals surface area contributed by atoms with E-state index in [-0.39, 0.29) is 18.0 Å². The quantitative estimate of drug-likeness (QED) is 0.625. The van der Waals surface area contributed by atoms with Crippen molar-refractivity contribution in [1.82, 2.24) is 0 Å². The molecule has 1 N–H and O–H groups in total. The van der Waals surface area contributed by atoms with E-state index in [0.717, 1.165) is 6.08 Å². The lowest BCUT2D eigenvalue weighted by Crippen LogP contribution is -2.33. The van der Waals surface area contributed by atoms with E-state index >= 15 is 0 Å². The molecule has 12 heavy (non-hydrogen) atoms. The standard InChI is InChI=1S/C8H12O4/c1-5(11-2)7-3-6(9)4-8(10)12-7/h4-5,7,9H,3H2,1-2H3. The minimum Gasteiger partial charge on any atom is -0.512 e. The van der Waals surface area contributed by atoms with Crippen LogP contribution in [0.2, 0.25) is 0 Å². The van der Waals surface area contributed by atoms with Gasteiger partial charge in [-0.1, -0.05) is 0 Å². The lowest BCUT2D eigenvalue weighted by molar-refractivity contribution is -0.152. The fourth-order valence-electron chi connectivity index (χ4n) is 1.04. The molecule has 0 amide bonds. The van der Waals surface area contributed by atoms with Crippen molar-refractivity contribution in [3.05, 3.63) is 11.8 Å². The zero-order valence-corrected chi connectivity index (χ0v) is 7.11. The highest BCUT2D eigenvalue weighted by atomic mass is 16.6. The van der Waals surface area contributed by atoms with Gasteiger partial charge in [-0.25, -0.2) is 4.79 Å². The summed E-state index contributed by atoms with van der Waals surface area (Å²) >= 11 is 0. The van der Waals surface area contributed by atoms with Gasteiger partial charge in [-0.3, -0.25) is 0 Å². The molecule has 0 aliphatic carbocycles. The van der Waals surface area contributed by atoms with Crippen LogP contribution in [0.15, 0.2) is 11.8 Å². The number of esters is 1. The fourth-order valence-corrected chi connectivity index (χ4v) is 1.04. The normalized spacial score (nSPS) is 26.0. The summed E-state index contributed by atoms with van der Waals surface area (Å²) in [6, 6.07) is 0. The molecule has 0 radical (unpaired) electrons. The number of rotatable bonds is 2. The van der Waals surface area contributed by atoms with Crippen molar-refractivity contribution in [1.29, 1.82) is 0 Å². The van der Waals surface area contributed by atoms with Crippen molar-refractivity contribution in [2.45, 2.75) is 25.6 Å². The summed E-state index contributed by atoms with van der Waals surface area (Å²) in [6.07, 6.45) is 0.858. The summed E-state index contributed by atoms with van der Waals surface area (Å²) in [5, 5.41) is 9.10. The number of aliphatic hydroxyl groups excluding tert-OH is 1. The monoisotopic (exact) mass is 172 g/mol. The number of carbonyl (C=O) groups excluding carboxylic acids is 1. The van der Waals surface area contributed by atoms with E-state index in [1.165, 1.54) is 7.11 Å². The molecule has 1 aliphatic rings. The van der Waals surface area contributed by atoms with Crippen LogP contribution in [0.5, 0.6) is 0 Å². The van der Waals surface area contributed by atoms with Crippen molar-refractivity contribution in [3.63, 3.8) is 0 Å². The molecule has 4 nitrogen and oxygen atoms in total. The largest absolute Gasteiger partial charge is 0.512 e. The first-order chi connectivity index (χ1) is 5.63. The Morgan fingerprint density at radius 2 is 2.50 bits per heavy atom. The lowest BCUT2D eigenvalue weighted by Gasteiger charge is -2.24. The van der Waals surface area contributed by atoms with Crippen molar-refractivity contribution in [2.24, 2.45) is 0 Å². The Bertz CT molecular complexity index is 209. The molecule has 0 aromatic heterocycles. The van der Waals surface area contributed by atoms with Gasteiger partial charge in [0.1, 0.15) is 11.9 Å². The fraction of sp³-hybridized carbons (Fsp3) is 0.625. The van der Waals surface area contributed by atoms with E-state index in [9.17, 15) is 4.79 Å². The molecule has 0 aromatic carbocycles. The van der Waals surface area contributed by atoms with Gasteiger partial charge in [0.15, 0.2) is 0 Å². The van der Waals surface area contributed by atoms with E-state index in [2.05, 4.69) is 0 Å². The first-order valence-corrected chi connectivity index (χ1v) is 3.76. The van der Waals surface area contributed by atoms with Gasteiger partial charge in [0.05, 0.1) is 12.2 Å². The number of ether oxygens (including phenoxy) is 2. The second kappa shape index (κ2) is 3.58. The topological polar surface area (TPSA) is 55.8 Å². The van der Waals surface area contributed by atoms with Gasteiger partial charge in [-0.05, 0) is 6.92 Å². The van der Waals surface area contributed by atoms with E-state index in [0.29, 0.717) is 6.42 Å². The summed E-state index contributed by atoms with van der Waals surface area (Å²) in [7, 11) is 1.54. The van der Waals surface area contributed by atoms with Crippen LogP contribution in [-0.4, -0.2) is 30.4 Å². The highest BCUT2D eigenvalue weighted by molar-refractivity contribution is 5.83. The SMILES string of the molecule is COC(C)C1CC(O)=CC(=O)O1. The van der Waals surface area contributed by atoms with Gasteiger partial charge in [0, 0.05) is 13.5 Å². The van der Waals surface area contributed by atoms with Gasteiger partial charge in [-0.2, -0.15) is 0 Å². The van der Waals surface area contributed by atoms with Crippen LogP contribution < -0.4 is 0 Å². The van der Waals surface area contributed by atoms with E-state index in [4.69, 9.17) is 14.6 Å². The average molecular weight is 172 g/mol. The Labute approximate surface area is 70.8 Å². The number of hydrogen-bond acceptors (Lipinski definition) is 4. The zero-order chi connectivity index (χ0) is 9.14. The maximum atomic E-state index is 10.8. The van der Waals surface area contributed by atoms with Gasteiger partial charge in [0.25, 0.3) is 0 Å². The summed E-state index contributed by atoms with van der Waals surface area (Å²) in [4.78, 5) is 10.8. The molecule has 0 bridgehead atoms. The Balaban J connectivity index is 2.61. The number of aliphatic hydroxyl groups is 1. The highest BCUT2D eigenvalue weighted by Crippen LogP contribution is 2.17. The maximum absolute atomic E-state index is 10.8. The summed E-state index contributed by atoms with van der Waals surface area (Å²) in [5.74, 6) is -0.451. The molecule has 2 atom stereocenters. The number of hydrogen-bond donors (Lipinski definition) is 1. The molecule has 0 aromatic rings. The van der Waals surface area contributed by atoms with Crippen molar-refractivity contribution in [3.8, 4) is 0 Å².